The Morgan fingerprint density at radius 3 is 2.25 bits per heavy atom. The number of aromatic hydroxyl groups is 1. The molecule has 3 aromatic carbocycles. The van der Waals surface area contributed by atoms with Crippen molar-refractivity contribution < 1.29 is 50.5 Å². The third-order valence-electron chi connectivity index (χ3n) is 9.63. The van der Waals surface area contributed by atoms with E-state index in [4.69, 9.17) is 9.47 Å². The minimum Gasteiger partial charge on any atom is -0.507 e. The van der Waals surface area contributed by atoms with Gasteiger partial charge >= 0.3 is 12.4 Å². The first-order chi connectivity index (χ1) is 22.7. The second kappa shape index (κ2) is 12.7. The Hall–Kier alpha value is -4.16. The molecule has 6 rings (SSSR count). The Bertz CT molecular complexity index is 1800. The van der Waals surface area contributed by atoms with Crippen molar-refractivity contribution in [3.05, 3.63) is 88.0 Å². The summed E-state index contributed by atoms with van der Waals surface area (Å²) in [5.41, 5.74) is -0.344. The van der Waals surface area contributed by atoms with E-state index in [1.165, 1.54) is 7.11 Å². The number of ether oxygens (including phenoxy) is 2. The number of carbonyl (C=O) groups is 2. The highest BCUT2D eigenvalue weighted by Gasteiger charge is 2.57. The summed E-state index contributed by atoms with van der Waals surface area (Å²) in [6, 6.07) is 11.8. The molecular weight excluding hydrogens is 640 g/mol. The van der Waals surface area contributed by atoms with Gasteiger partial charge in [-0.05, 0) is 72.0 Å². The van der Waals surface area contributed by atoms with Crippen LogP contribution >= 0.6 is 0 Å². The van der Waals surface area contributed by atoms with E-state index in [9.17, 15) is 41.0 Å². The summed E-state index contributed by atoms with van der Waals surface area (Å²) in [6.45, 7) is 2.24. The molecule has 12 heteroatoms. The maximum absolute atomic E-state index is 13.8. The van der Waals surface area contributed by atoms with E-state index in [1.807, 2.05) is 37.3 Å². The molecule has 4 atom stereocenters. The Morgan fingerprint density at radius 1 is 0.958 bits per heavy atom. The molecule has 2 fully saturated rings. The normalized spacial score (nSPS) is 23.3. The zero-order valence-corrected chi connectivity index (χ0v) is 26.1. The van der Waals surface area contributed by atoms with E-state index in [-0.39, 0.29) is 31.5 Å². The van der Waals surface area contributed by atoms with Gasteiger partial charge in [-0.3, -0.25) is 9.59 Å². The van der Waals surface area contributed by atoms with Crippen molar-refractivity contribution in [2.45, 2.75) is 51.1 Å². The van der Waals surface area contributed by atoms with Gasteiger partial charge in [-0.25, -0.2) is 4.90 Å². The van der Waals surface area contributed by atoms with Crippen LogP contribution in [0.4, 0.5) is 32.0 Å². The third kappa shape index (κ3) is 6.11. The molecule has 6 nitrogen and oxygen atoms in total. The third-order valence-corrected chi connectivity index (χ3v) is 9.63. The fourth-order valence-corrected chi connectivity index (χ4v) is 7.42. The molecule has 0 spiro atoms. The van der Waals surface area contributed by atoms with Crippen LogP contribution in [0.15, 0.2) is 71.3 Å². The van der Waals surface area contributed by atoms with Gasteiger partial charge in [0.15, 0.2) is 0 Å². The van der Waals surface area contributed by atoms with Crippen LogP contribution in [0.3, 0.4) is 0 Å². The van der Waals surface area contributed by atoms with Crippen LogP contribution in [0, 0.1) is 17.8 Å². The fraction of sp³-hybridized carbons (Fsp3) is 0.389. The average Bonchev–Trinajstić information content (AvgIpc) is 3.57. The van der Waals surface area contributed by atoms with Gasteiger partial charge in [0.05, 0.1) is 48.0 Å². The first-order valence-corrected chi connectivity index (χ1v) is 15.6. The molecule has 0 saturated carbocycles. The van der Waals surface area contributed by atoms with Gasteiger partial charge < -0.3 is 14.6 Å². The lowest BCUT2D eigenvalue weighted by molar-refractivity contribution is -0.143. The molecule has 3 aromatic rings. The van der Waals surface area contributed by atoms with Crippen molar-refractivity contribution in [2.75, 3.05) is 25.2 Å². The smallest absolute Gasteiger partial charge is 0.416 e. The molecule has 1 N–H and O–H groups in total. The van der Waals surface area contributed by atoms with Gasteiger partial charge in [0, 0.05) is 18.4 Å². The van der Waals surface area contributed by atoms with Crippen LogP contribution in [0.25, 0.3) is 16.8 Å². The van der Waals surface area contributed by atoms with E-state index in [0.29, 0.717) is 29.9 Å². The lowest BCUT2D eigenvalue weighted by atomic mass is 9.69. The molecule has 0 bridgehead atoms. The number of carbonyl (C=O) groups excluding carboxylic acids is 2. The summed E-state index contributed by atoms with van der Waals surface area (Å²) < 4.78 is 93.4. The van der Waals surface area contributed by atoms with Gasteiger partial charge in [-0.1, -0.05) is 48.9 Å². The highest BCUT2D eigenvalue weighted by Crippen LogP contribution is 2.51. The summed E-state index contributed by atoms with van der Waals surface area (Å²) in [5.74, 6) is -4.04. The number of methoxy groups -OCH3 is 1. The van der Waals surface area contributed by atoms with Crippen molar-refractivity contribution in [3.8, 4) is 5.75 Å². The van der Waals surface area contributed by atoms with Crippen LogP contribution in [0.5, 0.6) is 5.75 Å². The van der Waals surface area contributed by atoms with Crippen LogP contribution in [0.1, 0.15) is 49.3 Å². The number of benzene rings is 3. The van der Waals surface area contributed by atoms with Gasteiger partial charge in [0.1, 0.15) is 5.75 Å². The van der Waals surface area contributed by atoms with Crippen molar-refractivity contribution in [2.24, 2.45) is 17.8 Å². The number of nitrogens with zero attached hydrogens (tertiary/aromatic N) is 1. The van der Waals surface area contributed by atoms with E-state index >= 15 is 0 Å². The van der Waals surface area contributed by atoms with E-state index < -0.39 is 64.8 Å². The largest absolute Gasteiger partial charge is 0.507 e. The number of anilines is 1. The number of phenolic OH excluding ortho intramolecular Hbond substituents is 1. The topological polar surface area (TPSA) is 76.1 Å². The van der Waals surface area contributed by atoms with Gasteiger partial charge in [-0.15, -0.1) is 0 Å². The number of alkyl halides is 6. The maximum atomic E-state index is 13.8. The second-order valence-corrected chi connectivity index (χ2v) is 12.4. The summed E-state index contributed by atoms with van der Waals surface area (Å²) in [6.07, 6.45) is -6.63. The molecule has 2 aliphatic heterocycles. The molecule has 2 saturated heterocycles. The van der Waals surface area contributed by atoms with Crippen molar-refractivity contribution in [1.29, 1.82) is 0 Å². The summed E-state index contributed by atoms with van der Waals surface area (Å²) >= 11 is 0. The number of imide groups is 1. The fourth-order valence-electron chi connectivity index (χ4n) is 7.42. The highest BCUT2D eigenvalue weighted by atomic mass is 19.4. The number of allylic oxidation sites excluding steroid dienone is 1. The number of hydrogen-bond donors (Lipinski definition) is 1. The summed E-state index contributed by atoms with van der Waals surface area (Å²) in [5, 5.41) is 11.9. The van der Waals surface area contributed by atoms with E-state index in [1.54, 1.807) is 6.07 Å². The first kappa shape index (κ1) is 33.7. The lowest BCUT2D eigenvalue weighted by Gasteiger charge is -2.31. The number of amides is 2. The van der Waals surface area contributed by atoms with Gasteiger partial charge in [-0.2, -0.15) is 26.3 Å². The molecule has 2 amide bonds. The highest BCUT2D eigenvalue weighted by molar-refractivity contribution is 6.22. The Morgan fingerprint density at radius 2 is 1.62 bits per heavy atom. The molecule has 48 heavy (non-hydrogen) atoms. The zero-order valence-electron chi connectivity index (χ0n) is 26.1. The average molecular weight is 674 g/mol. The quantitative estimate of drug-likeness (QED) is 0.148. The molecule has 254 valence electrons. The summed E-state index contributed by atoms with van der Waals surface area (Å²) in [4.78, 5) is 28.0. The van der Waals surface area contributed by atoms with Crippen molar-refractivity contribution in [3.63, 3.8) is 0 Å². The number of halogens is 6. The number of hydrogen-bond acceptors (Lipinski definition) is 5. The van der Waals surface area contributed by atoms with E-state index in [0.717, 1.165) is 39.5 Å². The Balaban J connectivity index is 1.28. The van der Waals surface area contributed by atoms with Crippen LogP contribution in [-0.2, 0) is 31.4 Å². The SMILES string of the molecule is CC/C(=C\c1ccc(O)c2ccccc12)CC[C@H]1OC[C@H]2C1=C(COC)C[C@H]1C(=O)N(c3cc(C(F)(F)F)cc(C(F)(F)F)c3)C(=O)[C@H]12. The predicted octanol–water partition coefficient (Wildman–Crippen LogP) is 8.32. The number of rotatable bonds is 8. The van der Waals surface area contributed by atoms with Gasteiger partial charge in [0.25, 0.3) is 0 Å². The van der Waals surface area contributed by atoms with Crippen LogP contribution in [-0.4, -0.2) is 43.3 Å². The van der Waals surface area contributed by atoms with Crippen LogP contribution < -0.4 is 4.90 Å². The second-order valence-electron chi connectivity index (χ2n) is 12.4. The predicted molar refractivity (Wildman–Crippen MR) is 166 cm³/mol. The monoisotopic (exact) mass is 673 g/mol. The molecule has 3 aliphatic rings. The molecular formula is C36H33F6NO5. The standard InChI is InChI=1S/C36H33F6NO5/c1-3-19(12-20-9-10-29(44)26-7-5-4-6-25(20)26)8-11-30-31-21(17-47-2)13-27-32(28(31)18-48-30)34(46)43(33(27)45)24-15-22(35(37,38)39)14-23(16-24)36(40,41)42/h4-7,9-10,12,14-16,27-28,30,32,44H,3,8,11,13,17-18H2,1-2H3/b19-12+/t27-,28+,30-,32-/m1/s1. The molecule has 0 unspecified atom stereocenters. The Labute approximate surface area is 272 Å². The Kier molecular flexibility index (Phi) is 8.93. The number of phenols is 1. The minimum absolute atomic E-state index is 0.0313. The number of fused-ring (bicyclic) bond motifs is 4. The van der Waals surface area contributed by atoms with Crippen LogP contribution in [0.2, 0.25) is 0 Å². The molecule has 0 aromatic heterocycles. The lowest BCUT2D eigenvalue weighted by Crippen LogP contribution is -2.35. The van der Waals surface area contributed by atoms with E-state index in [2.05, 4.69) is 6.08 Å². The molecule has 0 radical (unpaired) electrons. The first-order valence-electron chi connectivity index (χ1n) is 15.6. The maximum Gasteiger partial charge on any atom is 0.416 e. The molecule has 2 heterocycles. The molecule has 1 aliphatic carbocycles. The summed E-state index contributed by atoms with van der Waals surface area (Å²) in [7, 11) is 1.48. The van der Waals surface area contributed by atoms with Gasteiger partial charge in [0.2, 0.25) is 11.8 Å². The van der Waals surface area contributed by atoms with Crippen molar-refractivity contribution in [1.82, 2.24) is 0 Å². The minimum atomic E-state index is -5.14. The van der Waals surface area contributed by atoms with Crippen molar-refractivity contribution >= 4 is 34.4 Å². The zero-order chi connectivity index (χ0) is 34.5.